The zero-order chi connectivity index (χ0) is 14.0. The van der Waals surface area contributed by atoms with Crippen LogP contribution in [0.25, 0.3) is 0 Å². The third-order valence-electron chi connectivity index (χ3n) is 3.27. The van der Waals surface area contributed by atoms with Gasteiger partial charge in [-0.15, -0.1) is 11.8 Å². The predicted molar refractivity (Wildman–Crippen MR) is 85.2 cm³/mol. The van der Waals surface area contributed by atoms with Crippen LogP contribution < -0.4 is 14.8 Å². The summed E-state index contributed by atoms with van der Waals surface area (Å²) in [6, 6.07) is 6.20. The maximum Gasteiger partial charge on any atom is 0.162 e. The molecule has 0 aliphatic carbocycles. The van der Waals surface area contributed by atoms with Gasteiger partial charge in [-0.3, -0.25) is 0 Å². The molecule has 0 bridgehead atoms. The van der Waals surface area contributed by atoms with Crippen molar-refractivity contribution in [2.45, 2.75) is 37.5 Å². The maximum absolute atomic E-state index is 5.59. The average molecular weight is 295 g/mol. The Morgan fingerprint density at radius 3 is 2.75 bits per heavy atom. The summed E-state index contributed by atoms with van der Waals surface area (Å²) in [5.41, 5.74) is 0. The molecule has 112 valence electrons. The van der Waals surface area contributed by atoms with Crippen LogP contribution in [-0.4, -0.2) is 32.1 Å². The van der Waals surface area contributed by atoms with E-state index in [1.807, 2.05) is 17.8 Å². The van der Waals surface area contributed by atoms with Crippen molar-refractivity contribution in [2.24, 2.45) is 0 Å². The average Bonchev–Trinajstić information content (AvgIpc) is 2.50. The van der Waals surface area contributed by atoms with Crippen LogP contribution in [0.5, 0.6) is 11.5 Å². The number of nitrogens with one attached hydrogen (secondary N) is 1. The number of rotatable bonds is 9. The van der Waals surface area contributed by atoms with Gasteiger partial charge in [-0.25, -0.2) is 0 Å². The molecule has 3 nitrogen and oxygen atoms in total. The van der Waals surface area contributed by atoms with Gasteiger partial charge in [-0.1, -0.05) is 26.2 Å². The van der Waals surface area contributed by atoms with Crippen LogP contribution in [0.1, 0.15) is 32.6 Å². The Morgan fingerprint density at radius 1 is 1.05 bits per heavy atom. The van der Waals surface area contributed by atoms with E-state index >= 15 is 0 Å². The molecule has 0 atom stereocenters. The summed E-state index contributed by atoms with van der Waals surface area (Å²) in [4.78, 5) is 1.25. The molecule has 0 aromatic heterocycles. The molecule has 20 heavy (non-hydrogen) atoms. The first-order valence-corrected chi connectivity index (χ1v) is 8.62. The van der Waals surface area contributed by atoms with E-state index in [1.54, 1.807) is 0 Å². The number of hydrogen-bond donors (Lipinski definition) is 1. The highest BCUT2D eigenvalue weighted by Gasteiger charge is 2.11. The highest BCUT2D eigenvalue weighted by atomic mass is 32.2. The monoisotopic (exact) mass is 295 g/mol. The third kappa shape index (κ3) is 5.25. The largest absolute Gasteiger partial charge is 0.486 e. The molecule has 0 unspecified atom stereocenters. The lowest BCUT2D eigenvalue weighted by atomic mass is 10.2. The smallest absolute Gasteiger partial charge is 0.162 e. The predicted octanol–water partition coefficient (Wildman–Crippen LogP) is 3.72. The van der Waals surface area contributed by atoms with Gasteiger partial charge in [0.25, 0.3) is 0 Å². The van der Waals surface area contributed by atoms with Crippen molar-refractivity contribution < 1.29 is 9.47 Å². The summed E-state index contributed by atoms with van der Waals surface area (Å²) in [7, 11) is 0. The molecule has 1 heterocycles. The Labute approximate surface area is 126 Å². The topological polar surface area (TPSA) is 30.5 Å². The normalized spacial score (nSPS) is 13.4. The second kappa shape index (κ2) is 9.14. The number of unbranched alkanes of at least 4 members (excludes halogenated alkanes) is 3. The lowest BCUT2D eigenvalue weighted by molar-refractivity contribution is 0.171. The molecular formula is C16H25NO2S. The van der Waals surface area contributed by atoms with Crippen LogP contribution in [0.4, 0.5) is 0 Å². The van der Waals surface area contributed by atoms with Crippen molar-refractivity contribution in [3.8, 4) is 11.5 Å². The van der Waals surface area contributed by atoms with Crippen LogP contribution in [-0.2, 0) is 0 Å². The van der Waals surface area contributed by atoms with Gasteiger partial charge in [-0.2, -0.15) is 0 Å². The second-order valence-electron chi connectivity index (χ2n) is 4.96. The minimum atomic E-state index is 0.653. The van der Waals surface area contributed by atoms with Crippen molar-refractivity contribution in [3.63, 3.8) is 0 Å². The molecule has 4 heteroatoms. The van der Waals surface area contributed by atoms with Gasteiger partial charge in [0.2, 0.25) is 0 Å². The fraction of sp³-hybridized carbons (Fsp3) is 0.625. The number of hydrogen-bond acceptors (Lipinski definition) is 4. The lowest BCUT2D eigenvalue weighted by Crippen LogP contribution is -2.18. The summed E-state index contributed by atoms with van der Waals surface area (Å²) >= 11 is 1.86. The van der Waals surface area contributed by atoms with Gasteiger partial charge in [0, 0.05) is 17.2 Å². The van der Waals surface area contributed by atoms with E-state index in [0.29, 0.717) is 13.2 Å². The van der Waals surface area contributed by atoms with Crippen LogP contribution >= 0.6 is 11.8 Å². The van der Waals surface area contributed by atoms with Crippen LogP contribution in [0.2, 0.25) is 0 Å². The van der Waals surface area contributed by atoms with E-state index in [1.165, 1.54) is 30.6 Å². The standard InChI is InChI=1S/C16H25NO2S/c1-2-3-4-5-8-17-9-12-20-14-6-7-15-16(13-14)19-11-10-18-15/h6-7,13,17H,2-5,8-12H2,1H3. The van der Waals surface area contributed by atoms with Crippen molar-refractivity contribution >= 4 is 11.8 Å². The molecule has 0 fully saturated rings. The van der Waals surface area contributed by atoms with E-state index < -0.39 is 0 Å². The molecule has 0 saturated carbocycles. The van der Waals surface area contributed by atoms with E-state index in [0.717, 1.165) is 30.3 Å². The molecule has 1 aromatic carbocycles. The van der Waals surface area contributed by atoms with Crippen molar-refractivity contribution in [1.82, 2.24) is 5.32 Å². The Bertz CT molecular complexity index is 398. The molecule has 0 radical (unpaired) electrons. The Hall–Kier alpha value is -0.870. The van der Waals surface area contributed by atoms with Crippen LogP contribution in [0, 0.1) is 0 Å². The minimum absolute atomic E-state index is 0.653. The quantitative estimate of drug-likeness (QED) is 0.555. The summed E-state index contributed by atoms with van der Waals surface area (Å²) in [5.74, 6) is 2.84. The summed E-state index contributed by atoms with van der Waals surface area (Å²) in [5, 5.41) is 3.50. The Balaban J connectivity index is 1.60. The fourth-order valence-corrected chi connectivity index (χ4v) is 2.99. The zero-order valence-corrected chi connectivity index (χ0v) is 13.1. The first-order chi connectivity index (χ1) is 9.90. The number of benzene rings is 1. The molecular weight excluding hydrogens is 270 g/mol. The van der Waals surface area contributed by atoms with E-state index in [-0.39, 0.29) is 0 Å². The molecule has 1 aromatic rings. The van der Waals surface area contributed by atoms with E-state index in [4.69, 9.17) is 9.47 Å². The third-order valence-corrected chi connectivity index (χ3v) is 4.26. The summed E-state index contributed by atoms with van der Waals surface area (Å²) in [6.07, 6.45) is 5.30. The Kier molecular flexibility index (Phi) is 7.09. The number of ether oxygens (including phenoxy) is 2. The first-order valence-electron chi connectivity index (χ1n) is 7.63. The molecule has 1 aliphatic heterocycles. The van der Waals surface area contributed by atoms with Gasteiger partial charge in [0.05, 0.1) is 0 Å². The zero-order valence-electron chi connectivity index (χ0n) is 12.3. The molecule has 1 aliphatic rings. The lowest BCUT2D eigenvalue weighted by Gasteiger charge is -2.18. The van der Waals surface area contributed by atoms with E-state index in [9.17, 15) is 0 Å². The molecule has 0 amide bonds. The van der Waals surface area contributed by atoms with Gasteiger partial charge in [-0.05, 0) is 31.2 Å². The summed E-state index contributed by atoms with van der Waals surface area (Å²) < 4.78 is 11.1. The maximum atomic E-state index is 5.59. The molecule has 0 saturated heterocycles. The first kappa shape index (κ1) is 15.5. The van der Waals surface area contributed by atoms with Gasteiger partial charge >= 0.3 is 0 Å². The molecule has 1 N–H and O–H groups in total. The Morgan fingerprint density at radius 2 is 1.90 bits per heavy atom. The minimum Gasteiger partial charge on any atom is -0.486 e. The highest BCUT2D eigenvalue weighted by Crippen LogP contribution is 2.33. The number of fused-ring (bicyclic) bond motifs is 1. The number of thioether (sulfide) groups is 1. The van der Waals surface area contributed by atoms with Gasteiger partial charge in [0.15, 0.2) is 11.5 Å². The van der Waals surface area contributed by atoms with Crippen molar-refractivity contribution in [3.05, 3.63) is 18.2 Å². The molecule has 2 rings (SSSR count). The fourth-order valence-electron chi connectivity index (χ4n) is 2.16. The van der Waals surface area contributed by atoms with Crippen molar-refractivity contribution in [1.29, 1.82) is 0 Å². The summed E-state index contributed by atoms with van der Waals surface area (Å²) in [6.45, 7) is 5.76. The highest BCUT2D eigenvalue weighted by molar-refractivity contribution is 7.99. The van der Waals surface area contributed by atoms with Crippen molar-refractivity contribution in [2.75, 3.05) is 32.1 Å². The SMILES string of the molecule is CCCCCCNCCSc1ccc2c(c1)OCCO2. The van der Waals surface area contributed by atoms with Gasteiger partial charge in [0.1, 0.15) is 13.2 Å². The van der Waals surface area contributed by atoms with Gasteiger partial charge < -0.3 is 14.8 Å². The molecule has 0 spiro atoms. The van der Waals surface area contributed by atoms with Crippen LogP contribution in [0.3, 0.4) is 0 Å². The van der Waals surface area contributed by atoms with E-state index in [2.05, 4.69) is 24.4 Å². The van der Waals surface area contributed by atoms with Crippen LogP contribution in [0.15, 0.2) is 23.1 Å². The second-order valence-corrected chi connectivity index (χ2v) is 6.13.